The van der Waals surface area contributed by atoms with Gasteiger partial charge in [-0.2, -0.15) is 5.11 Å². The van der Waals surface area contributed by atoms with E-state index in [0.717, 1.165) is 0 Å². The Morgan fingerprint density at radius 3 is 2.30 bits per heavy atom. The number of Topliss-reactive ketones (excluding diaryl/α,β-unsaturated/α-hetero) is 1. The van der Waals surface area contributed by atoms with Crippen LogP contribution >= 0.6 is 0 Å². The maximum Gasteiger partial charge on any atom is 0.327 e. The Kier molecular flexibility index (Phi) is 3.56. The number of H-pyrrole nitrogens is 2. The van der Waals surface area contributed by atoms with E-state index in [1.165, 1.54) is 6.92 Å². The average molecular weight is 273 g/mol. The van der Waals surface area contributed by atoms with Crippen molar-refractivity contribution in [2.75, 3.05) is 5.73 Å². The number of aromatic nitrogens is 2. The van der Waals surface area contributed by atoms with Gasteiger partial charge in [-0.3, -0.25) is 19.6 Å². The molecule has 0 aliphatic rings. The highest BCUT2D eigenvalue weighted by atomic mass is 16.2. The number of nitrogens with zero attached hydrogens (tertiary/aromatic N) is 2. The summed E-state index contributed by atoms with van der Waals surface area (Å²) in [6.07, 6.45) is 0. The molecule has 4 N–H and O–H groups in total. The summed E-state index contributed by atoms with van der Waals surface area (Å²) in [5.41, 5.74) is 4.85. The summed E-state index contributed by atoms with van der Waals surface area (Å²) in [6.45, 7) is 1.46. The van der Waals surface area contributed by atoms with Gasteiger partial charge in [-0.25, -0.2) is 4.79 Å². The zero-order valence-corrected chi connectivity index (χ0v) is 10.5. The predicted octanol–water partition coefficient (Wildman–Crippen LogP) is 1.26. The predicted molar refractivity (Wildman–Crippen MR) is 72.7 cm³/mol. The van der Waals surface area contributed by atoms with Gasteiger partial charge in [0.1, 0.15) is 5.82 Å². The van der Waals surface area contributed by atoms with E-state index in [1.54, 1.807) is 24.3 Å². The summed E-state index contributed by atoms with van der Waals surface area (Å²) in [6, 6.07) is 6.35. The quantitative estimate of drug-likeness (QED) is 0.573. The highest BCUT2D eigenvalue weighted by Crippen LogP contribution is 2.18. The highest BCUT2D eigenvalue weighted by molar-refractivity contribution is 5.94. The van der Waals surface area contributed by atoms with E-state index in [-0.39, 0.29) is 17.3 Å². The number of nitrogen functional groups attached to an aromatic ring is 1. The molecule has 0 radical (unpaired) electrons. The molecule has 2 rings (SSSR count). The lowest BCUT2D eigenvalue weighted by Gasteiger charge is -1.97. The van der Waals surface area contributed by atoms with Crippen molar-refractivity contribution in [3.05, 3.63) is 50.7 Å². The van der Waals surface area contributed by atoms with Crippen molar-refractivity contribution in [3.63, 3.8) is 0 Å². The van der Waals surface area contributed by atoms with Crippen molar-refractivity contribution in [2.45, 2.75) is 6.92 Å². The number of ketones is 1. The Balaban J connectivity index is 2.32. The molecule has 0 spiro atoms. The molecule has 8 heteroatoms. The van der Waals surface area contributed by atoms with Crippen LogP contribution in [0.1, 0.15) is 17.3 Å². The lowest BCUT2D eigenvalue weighted by atomic mass is 10.1. The summed E-state index contributed by atoms with van der Waals surface area (Å²) in [5.74, 6) is -0.224. The number of rotatable bonds is 3. The monoisotopic (exact) mass is 273 g/mol. The van der Waals surface area contributed by atoms with Gasteiger partial charge in [-0.15, -0.1) is 5.11 Å². The maximum atomic E-state index is 11.5. The normalized spacial score (nSPS) is 10.8. The Morgan fingerprint density at radius 1 is 1.10 bits per heavy atom. The first-order chi connectivity index (χ1) is 9.47. The summed E-state index contributed by atoms with van der Waals surface area (Å²) in [4.78, 5) is 37.7. The zero-order valence-electron chi connectivity index (χ0n) is 10.5. The summed E-state index contributed by atoms with van der Waals surface area (Å²) in [5, 5.41) is 7.51. The summed E-state index contributed by atoms with van der Waals surface area (Å²) >= 11 is 0. The van der Waals surface area contributed by atoms with Crippen LogP contribution in [0.15, 0.2) is 44.1 Å². The average Bonchev–Trinajstić information content (AvgIpc) is 2.38. The third-order valence-corrected chi connectivity index (χ3v) is 2.48. The first kappa shape index (κ1) is 13.4. The van der Waals surface area contributed by atoms with Crippen molar-refractivity contribution in [1.29, 1.82) is 0 Å². The second-order valence-corrected chi connectivity index (χ2v) is 3.97. The fourth-order valence-corrected chi connectivity index (χ4v) is 1.47. The van der Waals surface area contributed by atoms with Crippen LogP contribution in [0.2, 0.25) is 0 Å². The van der Waals surface area contributed by atoms with Crippen molar-refractivity contribution in [1.82, 2.24) is 9.97 Å². The van der Waals surface area contributed by atoms with Crippen LogP contribution in [0.3, 0.4) is 0 Å². The van der Waals surface area contributed by atoms with Crippen molar-refractivity contribution in [3.8, 4) is 0 Å². The molecule has 1 aromatic heterocycles. The number of carbonyl (C=O) groups excluding carboxylic acids is 1. The summed E-state index contributed by atoms with van der Waals surface area (Å²) in [7, 11) is 0. The Morgan fingerprint density at radius 2 is 1.75 bits per heavy atom. The van der Waals surface area contributed by atoms with Crippen LogP contribution in [-0.2, 0) is 0 Å². The Hall–Kier alpha value is -3.03. The molecular weight excluding hydrogens is 262 g/mol. The SMILES string of the molecule is CC(=O)c1ccc(N=Nc2c(N)[nH]c(=O)[nH]c2=O)cc1. The lowest BCUT2D eigenvalue weighted by Crippen LogP contribution is -2.23. The van der Waals surface area contributed by atoms with Crippen LogP contribution in [0.5, 0.6) is 0 Å². The number of hydrogen-bond acceptors (Lipinski definition) is 6. The molecule has 0 aliphatic carbocycles. The van der Waals surface area contributed by atoms with Gasteiger partial charge in [0.25, 0.3) is 5.56 Å². The summed E-state index contributed by atoms with van der Waals surface area (Å²) < 4.78 is 0. The van der Waals surface area contributed by atoms with Crippen LogP contribution in [0, 0.1) is 0 Å². The third kappa shape index (κ3) is 2.86. The standard InChI is InChI=1S/C12H11N5O3/c1-6(18)7-2-4-8(5-3-7)16-17-9-10(13)14-12(20)15-11(9)19/h2-5H,1H3,(H4,13,14,15,19,20). The Bertz CT molecular complexity index is 786. The van der Waals surface area contributed by atoms with Gasteiger partial charge in [0.05, 0.1) is 5.69 Å². The minimum Gasteiger partial charge on any atom is -0.383 e. The van der Waals surface area contributed by atoms with Crippen LogP contribution < -0.4 is 17.0 Å². The van der Waals surface area contributed by atoms with E-state index < -0.39 is 11.2 Å². The van der Waals surface area contributed by atoms with Gasteiger partial charge in [0, 0.05) is 5.56 Å². The molecular formula is C12H11N5O3. The molecule has 0 aliphatic heterocycles. The van der Waals surface area contributed by atoms with Crippen molar-refractivity contribution < 1.29 is 4.79 Å². The number of nitrogens with two attached hydrogens (primary N) is 1. The second-order valence-electron chi connectivity index (χ2n) is 3.97. The fraction of sp³-hybridized carbons (Fsp3) is 0.0833. The molecule has 0 saturated carbocycles. The largest absolute Gasteiger partial charge is 0.383 e. The first-order valence-electron chi connectivity index (χ1n) is 5.62. The van der Waals surface area contributed by atoms with Crippen LogP contribution in [0.4, 0.5) is 17.2 Å². The molecule has 0 saturated heterocycles. The van der Waals surface area contributed by atoms with Gasteiger partial charge in [0.15, 0.2) is 11.5 Å². The fourth-order valence-electron chi connectivity index (χ4n) is 1.47. The van der Waals surface area contributed by atoms with Gasteiger partial charge >= 0.3 is 5.69 Å². The van der Waals surface area contributed by atoms with Gasteiger partial charge in [-0.1, -0.05) is 0 Å². The number of azo groups is 1. The molecule has 0 fully saturated rings. The van der Waals surface area contributed by atoms with E-state index in [0.29, 0.717) is 11.3 Å². The Labute approximate surface area is 112 Å². The molecule has 0 bridgehead atoms. The topological polar surface area (TPSA) is 134 Å². The molecule has 2 aromatic rings. The number of aromatic amines is 2. The molecule has 0 unspecified atom stereocenters. The number of nitrogens with one attached hydrogen (secondary N) is 2. The minimum absolute atomic E-state index is 0.0604. The van der Waals surface area contributed by atoms with E-state index in [4.69, 9.17) is 5.73 Å². The molecule has 0 amide bonds. The van der Waals surface area contributed by atoms with E-state index >= 15 is 0 Å². The second kappa shape index (κ2) is 5.31. The van der Waals surface area contributed by atoms with Gasteiger partial charge in [-0.05, 0) is 31.2 Å². The maximum absolute atomic E-state index is 11.5. The van der Waals surface area contributed by atoms with E-state index in [1.807, 2.05) is 4.98 Å². The number of hydrogen-bond donors (Lipinski definition) is 3. The van der Waals surface area contributed by atoms with Crippen LogP contribution in [0.25, 0.3) is 0 Å². The molecule has 102 valence electrons. The molecule has 20 heavy (non-hydrogen) atoms. The van der Waals surface area contributed by atoms with E-state index in [9.17, 15) is 14.4 Å². The molecule has 8 nitrogen and oxygen atoms in total. The molecule has 1 aromatic carbocycles. The van der Waals surface area contributed by atoms with Crippen molar-refractivity contribution >= 4 is 23.0 Å². The van der Waals surface area contributed by atoms with Gasteiger partial charge in [0.2, 0.25) is 0 Å². The number of benzene rings is 1. The van der Waals surface area contributed by atoms with E-state index in [2.05, 4.69) is 15.2 Å². The number of anilines is 1. The molecule has 0 atom stereocenters. The first-order valence-corrected chi connectivity index (χ1v) is 5.62. The van der Waals surface area contributed by atoms with Crippen LogP contribution in [-0.4, -0.2) is 15.8 Å². The molecule has 1 heterocycles. The minimum atomic E-state index is -0.727. The third-order valence-electron chi connectivity index (χ3n) is 2.48. The lowest BCUT2D eigenvalue weighted by molar-refractivity contribution is 0.101. The smallest absolute Gasteiger partial charge is 0.327 e. The van der Waals surface area contributed by atoms with Gasteiger partial charge < -0.3 is 5.73 Å². The number of carbonyl (C=O) groups is 1. The highest BCUT2D eigenvalue weighted by Gasteiger charge is 2.05. The van der Waals surface area contributed by atoms with Crippen molar-refractivity contribution in [2.24, 2.45) is 10.2 Å². The zero-order chi connectivity index (χ0) is 14.7.